The summed E-state index contributed by atoms with van der Waals surface area (Å²) < 4.78 is 27.2. The first-order valence-electron chi connectivity index (χ1n) is 7.46. The van der Waals surface area contributed by atoms with E-state index in [9.17, 15) is 13.2 Å². The zero-order chi connectivity index (χ0) is 18.6. The van der Waals surface area contributed by atoms with E-state index in [0.717, 1.165) is 0 Å². The molecule has 2 N–H and O–H groups in total. The molecule has 3 rings (SSSR count). The van der Waals surface area contributed by atoms with E-state index in [1.807, 2.05) is 6.07 Å². The molecule has 1 aromatic heterocycles. The van der Waals surface area contributed by atoms with Crippen LogP contribution in [0.3, 0.4) is 0 Å². The number of sulfonamides is 1. The van der Waals surface area contributed by atoms with Crippen LogP contribution in [0, 0.1) is 11.3 Å². The van der Waals surface area contributed by atoms with Crippen LogP contribution in [-0.4, -0.2) is 14.3 Å². The molecule has 26 heavy (non-hydrogen) atoms. The lowest BCUT2D eigenvalue weighted by Gasteiger charge is -2.09. The zero-order valence-electron chi connectivity index (χ0n) is 13.3. The lowest BCUT2D eigenvalue weighted by atomic mass is 10.2. The highest BCUT2D eigenvalue weighted by Crippen LogP contribution is 2.23. The van der Waals surface area contributed by atoms with Gasteiger partial charge in [0.05, 0.1) is 10.5 Å². The van der Waals surface area contributed by atoms with Crippen LogP contribution in [0.15, 0.2) is 70.9 Å². The van der Waals surface area contributed by atoms with Gasteiger partial charge in [-0.1, -0.05) is 24.3 Å². The van der Waals surface area contributed by atoms with E-state index in [2.05, 4.69) is 10.0 Å². The molecule has 0 saturated carbocycles. The van der Waals surface area contributed by atoms with Gasteiger partial charge >= 0.3 is 0 Å². The first-order chi connectivity index (χ1) is 12.5. The predicted molar refractivity (Wildman–Crippen MR) is 101 cm³/mol. The molecule has 3 aromatic rings. The molecule has 1 heterocycles. The summed E-state index contributed by atoms with van der Waals surface area (Å²) in [7, 11) is -3.74. The maximum Gasteiger partial charge on any atom is 0.261 e. The maximum atomic E-state index is 12.4. The summed E-state index contributed by atoms with van der Waals surface area (Å²) in [4.78, 5) is 12.5. The van der Waals surface area contributed by atoms with Crippen molar-refractivity contribution >= 4 is 38.0 Å². The van der Waals surface area contributed by atoms with Crippen molar-refractivity contribution in [1.29, 1.82) is 5.26 Å². The van der Waals surface area contributed by atoms with Gasteiger partial charge in [-0.3, -0.25) is 9.52 Å². The molecule has 0 radical (unpaired) electrons. The highest BCUT2D eigenvalue weighted by atomic mass is 32.2. The van der Waals surface area contributed by atoms with E-state index < -0.39 is 15.9 Å². The van der Waals surface area contributed by atoms with Gasteiger partial charge in [0.2, 0.25) is 0 Å². The van der Waals surface area contributed by atoms with Crippen molar-refractivity contribution in [3.8, 4) is 6.07 Å². The number of hydrogen-bond acceptors (Lipinski definition) is 5. The van der Waals surface area contributed by atoms with Crippen molar-refractivity contribution in [2.24, 2.45) is 0 Å². The molecule has 1 amide bonds. The average Bonchev–Trinajstić information content (AvgIpc) is 3.09. The molecule has 0 bridgehead atoms. The summed E-state index contributed by atoms with van der Waals surface area (Å²) in [5.74, 6) is -0.426. The second-order valence-corrected chi connectivity index (χ2v) is 7.83. The molecule has 0 atom stereocenters. The number of anilines is 2. The molecule has 6 nitrogen and oxygen atoms in total. The number of benzene rings is 2. The van der Waals surface area contributed by atoms with Crippen LogP contribution < -0.4 is 10.0 Å². The molecular formula is C18H13N3O3S2. The maximum absolute atomic E-state index is 12.4. The lowest BCUT2D eigenvalue weighted by molar-refractivity contribution is 0.102. The van der Waals surface area contributed by atoms with Crippen LogP contribution in [0.1, 0.15) is 15.9 Å². The minimum absolute atomic E-state index is 0.132. The Hall–Kier alpha value is -3.15. The SMILES string of the molecule is N#Cc1ccsc1NC(=O)c1cccc(NS(=O)(=O)c2ccccc2)c1. The number of nitrogens with one attached hydrogen (secondary N) is 2. The van der Waals surface area contributed by atoms with Crippen LogP contribution >= 0.6 is 11.3 Å². The smallest absolute Gasteiger partial charge is 0.261 e. The molecule has 130 valence electrons. The van der Waals surface area contributed by atoms with Crippen LogP contribution in [0.2, 0.25) is 0 Å². The quantitative estimate of drug-likeness (QED) is 0.702. The Morgan fingerprint density at radius 1 is 1.04 bits per heavy atom. The van der Waals surface area contributed by atoms with Crippen molar-refractivity contribution in [2.75, 3.05) is 10.0 Å². The van der Waals surface area contributed by atoms with Gasteiger partial charge < -0.3 is 5.32 Å². The number of nitrogens with zero attached hydrogens (tertiary/aromatic N) is 1. The van der Waals surface area contributed by atoms with Gasteiger partial charge in [0.1, 0.15) is 11.1 Å². The second kappa shape index (κ2) is 7.39. The predicted octanol–water partition coefficient (Wildman–Crippen LogP) is 3.67. The number of amides is 1. The van der Waals surface area contributed by atoms with Crippen LogP contribution in [0.4, 0.5) is 10.7 Å². The molecule has 0 saturated heterocycles. The largest absolute Gasteiger partial charge is 0.312 e. The Kier molecular flexibility index (Phi) is 5.02. The molecule has 0 unspecified atom stereocenters. The van der Waals surface area contributed by atoms with E-state index in [1.165, 1.54) is 29.5 Å². The van der Waals surface area contributed by atoms with Crippen molar-refractivity contribution < 1.29 is 13.2 Å². The summed E-state index contributed by atoms with van der Waals surface area (Å²) in [6, 6.07) is 17.7. The molecule has 0 aliphatic heterocycles. The Labute approximate surface area is 154 Å². The second-order valence-electron chi connectivity index (χ2n) is 5.23. The standard InChI is InChI=1S/C18H13N3O3S2/c19-12-14-9-10-25-18(14)20-17(22)13-5-4-6-15(11-13)21-26(23,24)16-7-2-1-3-8-16/h1-11,21H,(H,20,22). The Morgan fingerprint density at radius 2 is 1.81 bits per heavy atom. The highest BCUT2D eigenvalue weighted by Gasteiger charge is 2.15. The first kappa shape index (κ1) is 17.7. The van der Waals surface area contributed by atoms with E-state index in [0.29, 0.717) is 10.6 Å². The molecule has 0 spiro atoms. The van der Waals surface area contributed by atoms with Crippen molar-refractivity contribution in [2.45, 2.75) is 4.90 Å². The molecule has 2 aromatic carbocycles. The first-order valence-corrected chi connectivity index (χ1v) is 9.83. The topological polar surface area (TPSA) is 99.1 Å². The summed E-state index contributed by atoms with van der Waals surface area (Å²) in [5, 5.41) is 13.8. The monoisotopic (exact) mass is 383 g/mol. The van der Waals surface area contributed by atoms with Crippen molar-refractivity contribution in [3.05, 3.63) is 77.2 Å². The third-order valence-corrected chi connectivity index (χ3v) is 5.67. The van der Waals surface area contributed by atoms with Crippen LogP contribution in [0.25, 0.3) is 0 Å². The molecule has 8 heteroatoms. The summed E-state index contributed by atoms with van der Waals surface area (Å²) in [6.45, 7) is 0. The highest BCUT2D eigenvalue weighted by molar-refractivity contribution is 7.92. The van der Waals surface area contributed by atoms with Gasteiger partial charge in [0.25, 0.3) is 15.9 Å². The summed E-state index contributed by atoms with van der Waals surface area (Å²) >= 11 is 1.24. The van der Waals surface area contributed by atoms with Gasteiger partial charge in [0.15, 0.2) is 0 Å². The number of hydrogen-bond donors (Lipinski definition) is 2. The zero-order valence-corrected chi connectivity index (χ0v) is 15.0. The fraction of sp³-hybridized carbons (Fsp3) is 0. The number of carbonyl (C=O) groups excluding carboxylic acids is 1. The molecule has 0 aliphatic carbocycles. The molecule has 0 fully saturated rings. The van der Waals surface area contributed by atoms with Crippen molar-refractivity contribution in [1.82, 2.24) is 0 Å². The number of carbonyl (C=O) groups is 1. The minimum Gasteiger partial charge on any atom is -0.312 e. The van der Waals surface area contributed by atoms with Gasteiger partial charge in [-0.25, -0.2) is 8.42 Å². The third kappa shape index (κ3) is 3.91. The minimum atomic E-state index is -3.74. The van der Waals surface area contributed by atoms with E-state index in [-0.39, 0.29) is 16.1 Å². The van der Waals surface area contributed by atoms with Crippen LogP contribution in [0.5, 0.6) is 0 Å². The fourth-order valence-corrected chi connectivity index (χ4v) is 4.01. The normalized spacial score (nSPS) is 10.7. The Morgan fingerprint density at radius 3 is 2.54 bits per heavy atom. The Balaban J connectivity index is 1.80. The van der Waals surface area contributed by atoms with E-state index >= 15 is 0 Å². The number of rotatable bonds is 5. The number of thiophene rings is 1. The van der Waals surface area contributed by atoms with Gasteiger partial charge in [-0.05, 0) is 41.8 Å². The number of nitriles is 1. The van der Waals surface area contributed by atoms with Gasteiger partial charge in [-0.2, -0.15) is 5.26 Å². The molecule has 0 aliphatic rings. The fourth-order valence-electron chi connectivity index (χ4n) is 2.21. The lowest BCUT2D eigenvalue weighted by Crippen LogP contribution is -2.15. The summed E-state index contributed by atoms with van der Waals surface area (Å²) in [6.07, 6.45) is 0. The average molecular weight is 383 g/mol. The van der Waals surface area contributed by atoms with Crippen molar-refractivity contribution in [3.63, 3.8) is 0 Å². The van der Waals surface area contributed by atoms with Gasteiger partial charge in [0, 0.05) is 11.3 Å². The third-order valence-electron chi connectivity index (χ3n) is 3.44. The Bertz CT molecular complexity index is 1080. The van der Waals surface area contributed by atoms with Gasteiger partial charge in [-0.15, -0.1) is 11.3 Å². The van der Waals surface area contributed by atoms with E-state index in [4.69, 9.17) is 5.26 Å². The van der Waals surface area contributed by atoms with Crippen LogP contribution in [-0.2, 0) is 10.0 Å². The van der Waals surface area contributed by atoms with E-state index in [1.54, 1.807) is 47.8 Å². The molecular weight excluding hydrogens is 370 g/mol. The summed E-state index contributed by atoms with van der Waals surface area (Å²) in [5.41, 5.74) is 0.924.